The van der Waals surface area contributed by atoms with Gasteiger partial charge in [0, 0.05) is 18.9 Å². The van der Waals surface area contributed by atoms with Gasteiger partial charge in [0.05, 0.1) is 17.7 Å². The monoisotopic (exact) mass is 380 g/mol. The lowest BCUT2D eigenvalue weighted by atomic mass is 9.98. The molecule has 1 heterocycles. The van der Waals surface area contributed by atoms with Crippen LogP contribution >= 0.6 is 0 Å². The molecule has 0 fully saturated rings. The van der Waals surface area contributed by atoms with Crippen LogP contribution in [-0.4, -0.2) is 23.8 Å². The van der Waals surface area contributed by atoms with E-state index in [9.17, 15) is 23.3 Å². The average Bonchev–Trinajstić information content (AvgIpc) is 3.09. The van der Waals surface area contributed by atoms with Gasteiger partial charge in [0.15, 0.2) is 0 Å². The third-order valence-corrected chi connectivity index (χ3v) is 4.18. The van der Waals surface area contributed by atoms with Gasteiger partial charge in [0.2, 0.25) is 0 Å². The molecule has 142 valence electrons. The smallest absolute Gasteiger partial charge is 0.423 e. The van der Waals surface area contributed by atoms with Crippen LogP contribution in [0.4, 0.5) is 18.9 Å². The Hall–Kier alpha value is -3.10. The van der Waals surface area contributed by atoms with Gasteiger partial charge in [0.1, 0.15) is 17.4 Å². The van der Waals surface area contributed by atoms with Gasteiger partial charge in [-0.3, -0.25) is 10.1 Å². The normalized spacial score (nSPS) is 16.6. The van der Waals surface area contributed by atoms with Crippen LogP contribution in [0.1, 0.15) is 23.1 Å². The van der Waals surface area contributed by atoms with E-state index in [1.807, 2.05) is 12.1 Å². The third-order valence-electron chi connectivity index (χ3n) is 4.18. The molecule has 0 saturated heterocycles. The molecule has 0 aromatic heterocycles. The number of hydrogen-bond acceptors (Lipinski definition) is 5. The molecule has 0 N–H and O–H groups in total. The first-order valence-corrected chi connectivity index (χ1v) is 7.99. The van der Waals surface area contributed by atoms with Crippen molar-refractivity contribution in [1.82, 2.24) is 0 Å². The summed E-state index contributed by atoms with van der Waals surface area (Å²) in [7, 11) is 1.56. The standard InChI is InChI=1S/C18H15F3N2O4/c1-26-13-5-3-12(4-6-13)16-10-14(27-22-16)8-11-2-7-17(23(24)25)15(9-11)18(19,20)21/h2-7,9,14H,8,10H2,1H3. The summed E-state index contributed by atoms with van der Waals surface area (Å²) in [5.74, 6) is 0.695. The summed E-state index contributed by atoms with van der Waals surface area (Å²) in [6.07, 6.45) is -4.67. The van der Waals surface area contributed by atoms with E-state index in [0.717, 1.165) is 17.7 Å². The van der Waals surface area contributed by atoms with Crippen molar-refractivity contribution in [2.24, 2.45) is 5.16 Å². The second-order valence-electron chi connectivity index (χ2n) is 6.01. The highest BCUT2D eigenvalue weighted by Crippen LogP contribution is 2.37. The Kier molecular flexibility index (Phi) is 5.02. The van der Waals surface area contributed by atoms with E-state index < -0.39 is 28.5 Å². The van der Waals surface area contributed by atoms with Gasteiger partial charge >= 0.3 is 6.18 Å². The molecule has 1 atom stereocenters. The van der Waals surface area contributed by atoms with Gasteiger partial charge in [-0.25, -0.2) is 0 Å². The molecule has 3 rings (SSSR count). The second-order valence-corrected chi connectivity index (χ2v) is 6.01. The zero-order valence-electron chi connectivity index (χ0n) is 14.2. The first kappa shape index (κ1) is 18.7. The van der Waals surface area contributed by atoms with Gasteiger partial charge in [-0.15, -0.1) is 0 Å². The number of methoxy groups -OCH3 is 1. The van der Waals surface area contributed by atoms with Crippen molar-refractivity contribution in [2.45, 2.75) is 25.1 Å². The summed E-state index contributed by atoms with van der Waals surface area (Å²) in [6.45, 7) is 0. The lowest BCUT2D eigenvalue weighted by Crippen LogP contribution is -2.14. The fourth-order valence-corrected chi connectivity index (χ4v) is 2.85. The summed E-state index contributed by atoms with van der Waals surface area (Å²) >= 11 is 0. The number of oxime groups is 1. The van der Waals surface area contributed by atoms with Crippen molar-refractivity contribution in [3.05, 3.63) is 69.3 Å². The molecule has 0 bridgehead atoms. The molecular formula is C18H15F3N2O4. The summed E-state index contributed by atoms with van der Waals surface area (Å²) < 4.78 is 44.3. The molecule has 0 saturated carbocycles. The van der Waals surface area contributed by atoms with Crippen molar-refractivity contribution in [2.75, 3.05) is 7.11 Å². The molecule has 1 aliphatic heterocycles. The number of halogens is 3. The maximum Gasteiger partial charge on any atom is 0.423 e. The Morgan fingerprint density at radius 3 is 2.56 bits per heavy atom. The molecule has 0 spiro atoms. The molecular weight excluding hydrogens is 365 g/mol. The number of rotatable bonds is 5. The zero-order valence-corrected chi connectivity index (χ0v) is 14.2. The number of nitro groups is 1. The minimum Gasteiger partial charge on any atom is -0.497 e. The van der Waals surface area contributed by atoms with Crippen molar-refractivity contribution in [1.29, 1.82) is 0 Å². The topological polar surface area (TPSA) is 74.0 Å². The van der Waals surface area contributed by atoms with Gasteiger partial charge in [0.25, 0.3) is 5.69 Å². The highest BCUT2D eigenvalue weighted by Gasteiger charge is 2.38. The summed E-state index contributed by atoms with van der Waals surface area (Å²) in [5, 5.41) is 14.8. The lowest BCUT2D eigenvalue weighted by Gasteiger charge is -2.12. The Morgan fingerprint density at radius 1 is 1.26 bits per heavy atom. The second kappa shape index (κ2) is 7.26. The van der Waals surface area contributed by atoms with Crippen LogP contribution in [-0.2, 0) is 17.4 Å². The summed E-state index contributed by atoms with van der Waals surface area (Å²) in [6, 6.07) is 10.2. The molecule has 2 aromatic rings. The molecule has 2 aromatic carbocycles. The highest BCUT2D eigenvalue weighted by molar-refractivity contribution is 6.01. The van der Waals surface area contributed by atoms with E-state index in [1.165, 1.54) is 6.07 Å². The van der Waals surface area contributed by atoms with E-state index in [0.29, 0.717) is 23.4 Å². The average molecular weight is 380 g/mol. The van der Waals surface area contributed by atoms with Crippen molar-refractivity contribution < 1.29 is 27.7 Å². The highest BCUT2D eigenvalue weighted by atomic mass is 19.4. The quantitative estimate of drug-likeness (QED) is 0.571. The van der Waals surface area contributed by atoms with E-state index in [-0.39, 0.29) is 6.42 Å². The molecule has 1 unspecified atom stereocenters. The van der Waals surface area contributed by atoms with Crippen LogP contribution in [0.5, 0.6) is 5.75 Å². The first-order chi connectivity index (χ1) is 12.8. The van der Waals surface area contributed by atoms with E-state index in [4.69, 9.17) is 9.57 Å². The zero-order chi connectivity index (χ0) is 19.6. The molecule has 9 heteroatoms. The fourth-order valence-electron chi connectivity index (χ4n) is 2.85. The number of hydrogen-bond donors (Lipinski definition) is 0. The number of alkyl halides is 3. The fraction of sp³-hybridized carbons (Fsp3) is 0.278. The predicted molar refractivity (Wildman–Crippen MR) is 90.8 cm³/mol. The van der Waals surface area contributed by atoms with Gasteiger partial charge in [-0.2, -0.15) is 13.2 Å². The lowest BCUT2D eigenvalue weighted by molar-refractivity contribution is -0.388. The molecule has 0 amide bonds. The molecule has 1 aliphatic rings. The van der Waals surface area contributed by atoms with Crippen LogP contribution in [0.3, 0.4) is 0 Å². The van der Waals surface area contributed by atoms with Gasteiger partial charge < -0.3 is 9.57 Å². The van der Waals surface area contributed by atoms with Crippen LogP contribution in [0.25, 0.3) is 0 Å². The summed E-state index contributed by atoms with van der Waals surface area (Å²) in [4.78, 5) is 15.1. The Labute approximate surface area is 152 Å². The van der Waals surface area contributed by atoms with Gasteiger partial charge in [-0.1, -0.05) is 11.2 Å². The van der Waals surface area contributed by atoms with Crippen LogP contribution in [0.2, 0.25) is 0 Å². The Balaban J connectivity index is 1.72. The van der Waals surface area contributed by atoms with Crippen LogP contribution < -0.4 is 4.74 Å². The van der Waals surface area contributed by atoms with E-state index >= 15 is 0 Å². The Morgan fingerprint density at radius 2 is 1.96 bits per heavy atom. The van der Waals surface area contributed by atoms with Crippen molar-refractivity contribution in [3.63, 3.8) is 0 Å². The molecule has 6 nitrogen and oxygen atoms in total. The summed E-state index contributed by atoms with van der Waals surface area (Å²) in [5.41, 5.74) is -0.421. The van der Waals surface area contributed by atoms with Crippen molar-refractivity contribution in [3.8, 4) is 5.75 Å². The number of benzene rings is 2. The van der Waals surface area contributed by atoms with E-state index in [2.05, 4.69) is 5.16 Å². The predicted octanol–water partition coefficient (Wildman–Crippen LogP) is 4.36. The number of nitro benzene ring substituents is 1. The maximum atomic E-state index is 13.1. The molecule has 27 heavy (non-hydrogen) atoms. The van der Waals surface area contributed by atoms with Crippen molar-refractivity contribution >= 4 is 11.4 Å². The molecule has 0 radical (unpaired) electrons. The van der Waals surface area contributed by atoms with Crippen LogP contribution in [0, 0.1) is 10.1 Å². The van der Waals surface area contributed by atoms with E-state index in [1.54, 1.807) is 19.2 Å². The SMILES string of the molecule is COc1ccc(C2=NOC(Cc3ccc([N+](=O)[O-])c(C(F)(F)F)c3)C2)cc1. The minimum atomic E-state index is -4.81. The number of nitrogens with zero attached hydrogens (tertiary/aromatic N) is 2. The van der Waals surface area contributed by atoms with Gasteiger partial charge in [-0.05, 0) is 41.5 Å². The first-order valence-electron chi connectivity index (χ1n) is 7.99. The van der Waals surface area contributed by atoms with Crippen LogP contribution in [0.15, 0.2) is 47.6 Å². The Bertz CT molecular complexity index is 879. The number of ether oxygens (including phenoxy) is 1. The molecule has 0 aliphatic carbocycles. The maximum absolute atomic E-state index is 13.1. The largest absolute Gasteiger partial charge is 0.497 e. The minimum absolute atomic E-state index is 0.157. The third kappa shape index (κ3) is 4.18.